The monoisotopic (exact) mass is 344 g/mol. The molecule has 0 bridgehead atoms. The summed E-state index contributed by atoms with van der Waals surface area (Å²) in [6, 6.07) is 15.0. The van der Waals surface area contributed by atoms with Crippen LogP contribution in [0.5, 0.6) is 0 Å². The van der Waals surface area contributed by atoms with Crippen LogP contribution in [0.2, 0.25) is 0 Å². The summed E-state index contributed by atoms with van der Waals surface area (Å²) in [6.07, 6.45) is 4.11. The summed E-state index contributed by atoms with van der Waals surface area (Å²) in [5.41, 5.74) is 7.02. The van der Waals surface area contributed by atoms with E-state index in [1.807, 2.05) is 24.4 Å². The molecular formula is C22H24N4. The summed E-state index contributed by atoms with van der Waals surface area (Å²) in [5, 5.41) is 9.59. The zero-order chi connectivity index (χ0) is 18.1. The molecule has 4 nitrogen and oxygen atoms in total. The van der Waals surface area contributed by atoms with Gasteiger partial charge in [-0.2, -0.15) is 5.26 Å². The minimum absolute atomic E-state index is 0.808. The summed E-state index contributed by atoms with van der Waals surface area (Å²) in [7, 11) is 0. The van der Waals surface area contributed by atoms with Gasteiger partial charge in [-0.15, -0.1) is 0 Å². The third-order valence-corrected chi connectivity index (χ3v) is 5.56. The predicted octanol–water partition coefficient (Wildman–Crippen LogP) is 3.75. The van der Waals surface area contributed by atoms with Gasteiger partial charge in [0, 0.05) is 56.4 Å². The highest BCUT2D eigenvalue weighted by Crippen LogP contribution is 2.25. The van der Waals surface area contributed by atoms with Crippen LogP contribution in [-0.4, -0.2) is 35.5 Å². The van der Waals surface area contributed by atoms with Crippen molar-refractivity contribution in [3.05, 3.63) is 71.0 Å². The fraction of sp³-hybridized carbons (Fsp3) is 0.318. The van der Waals surface area contributed by atoms with Crippen molar-refractivity contribution in [1.82, 2.24) is 9.30 Å². The molecule has 0 unspecified atom stereocenters. The molecule has 1 fully saturated rings. The van der Waals surface area contributed by atoms with Gasteiger partial charge >= 0.3 is 0 Å². The molecule has 3 heterocycles. The fourth-order valence-corrected chi connectivity index (χ4v) is 3.89. The summed E-state index contributed by atoms with van der Waals surface area (Å²) < 4.78 is 2.06. The Bertz CT molecular complexity index is 971. The minimum atomic E-state index is 0.808. The van der Waals surface area contributed by atoms with E-state index in [9.17, 15) is 5.26 Å². The summed E-state index contributed by atoms with van der Waals surface area (Å²) >= 11 is 0. The number of benzene rings is 1. The van der Waals surface area contributed by atoms with Crippen molar-refractivity contribution in [3.63, 3.8) is 0 Å². The van der Waals surface area contributed by atoms with Crippen molar-refractivity contribution in [2.75, 3.05) is 31.1 Å². The maximum absolute atomic E-state index is 9.59. The highest BCUT2D eigenvalue weighted by molar-refractivity contribution is 5.65. The number of nitriles is 1. The van der Waals surface area contributed by atoms with Crippen molar-refractivity contribution in [2.45, 2.75) is 20.4 Å². The Hall–Kier alpha value is -2.77. The largest absolute Gasteiger partial charge is 0.369 e. The molecule has 1 aliphatic heterocycles. The van der Waals surface area contributed by atoms with Gasteiger partial charge in [0.25, 0.3) is 0 Å². The quantitative estimate of drug-likeness (QED) is 0.726. The van der Waals surface area contributed by atoms with E-state index in [1.165, 1.54) is 16.8 Å². The lowest BCUT2D eigenvalue weighted by atomic mass is 10.1. The molecule has 0 atom stereocenters. The molecule has 1 saturated heterocycles. The van der Waals surface area contributed by atoms with Crippen LogP contribution >= 0.6 is 0 Å². The molecule has 1 aromatic carbocycles. The average Bonchev–Trinajstić information content (AvgIpc) is 3.01. The van der Waals surface area contributed by atoms with Crippen LogP contribution in [0.1, 0.15) is 22.3 Å². The van der Waals surface area contributed by atoms with Crippen molar-refractivity contribution < 1.29 is 0 Å². The topological polar surface area (TPSA) is 34.7 Å². The van der Waals surface area contributed by atoms with E-state index >= 15 is 0 Å². The van der Waals surface area contributed by atoms with Gasteiger partial charge in [-0.25, -0.2) is 0 Å². The molecule has 0 aliphatic carbocycles. The van der Waals surface area contributed by atoms with E-state index in [2.05, 4.69) is 58.5 Å². The first-order valence-corrected chi connectivity index (χ1v) is 9.19. The molecule has 0 spiro atoms. The van der Waals surface area contributed by atoms with E-state index in [1.54, 1.807) is 0 Å². The minimum Gasteiger partial charge on any atom is -0.369 e. The van der Waals surface area contributed by atoms with Gasteiger partial charge in [0.1, 0.15) is 6.07 Å². The smallest absolute Gasteiger partial charge is 0.102 e. The Morgan fingerprint density at radius 1 is 1.00 bits per heavy atom. The number of hydrogen-bond donors (Lipinski definition) is 0. The van der Waals surface area contributed by atoms with Crippen LogP contribution in [0, 0.1) is 25.2 Å². The van der Waals surface area contributed by atoms with Gasteiger partial charge in [-0.05, 0) is 43.2 Å². The van der Waals surface area contributed by atoms with Crippen LogP contribution in [-0.2, 0) is 6.54 Å². The van der Waals surface area contributed by atoms with E-state index in [0.29, 0.717) is 0 Å². The van der Waals surface area contributed by atoms with Crippen molar-refractivity contribution >= 4 is 11.2 Å². The van der Waals surface area contributed by atoms with E-state index < -0.39 is 0 Å². The van der Waals surface area contributed by atoms with Gasteiger partial charge < -0.3 is 9.30 Å². The van der Waals surface area contributed by atoms with Crippen molar-refractivity contribution in [2.24, 2.45) is 0 Å². The third-order valence-electron chi connectivity index (χ3n) is 5.56. The molecule has 4 heteroatoms. The van der Waals surface area contributed by atoms with Gasteiger partial charge in [-0.3, -0.25) is 4.90 Å². The first kappa shape index (κ1) is 16.7. The Morgan fingerprint density at radius 3 is 2.58 bits per heavy atom. The summed E-state index contributed by atoms with van der Waals surface area (Å²) in [6.45, 7) is 9.32. The van der Waals surface area contributed by atoms with Crippen LogP contribution in [0.15, 0.2) is 48.8 Å². The number of rotatable bonds is 3. The molecule has 0 saturated carbocycles. The van der Waals surface area contributed by atoms with Crippen LogP contribution in [0.4, 0.5) is 5.69 Å². The molecule has 26 heavy (non-hydrogen) atoms. The second-order valence-electron chi connectivity index (χ2n) is 7.12. The Labute approximate surface area is 154 Å². The van der Waals surface area contributed by atoms with E-state index in [-0.39, 0.29) is 0 Å². The highest BCUT2D eigenvalue weighted by Gasteiger charge is 2.20. The Morgan fingerprint density at radius 2 is 1.81 bits per heavy atom. The molecule has 0 radical (unpaired) electrons. The van der Waals surface area contributed by atoms with E-state index in [4.69, 9.17) is 0 Å². The number of pyridine rings is 1. The number of piperazine rings is 1. The number of nitrogens with zero attached hydrogens (tertiary/aromatic N) is 4. The molecular weight excluding hydrogens is 320 g/mol. The lowest BCUT2D eigenvalue weighted by molar-refractivity contribution is 0.249. The average molecular weight is 344 g/mol. The molecule has 0 amide bonds. The lowest BCUT2D eigenvalue weighted by Gasteiger charge is -2.37. The van der Waals surface area contributed by atoms with Gasteiger partial charge in [0.05, 0.1) is 11.1 Å². The van der Waals surface area contributed by atoms with Gasteiger partial charge in [0.2, 0.25) is 0 Å². The first-order valence-electron chi connectivity index (χ1n) is 9.19. The predicted molar refractivity (Wildman–Crippen MR) is 106 cm³/mol. The lowest BCUT2D eigenvalue weighted by Crippen LogP contribution is -2.46. The van der Waals surface area contributed by atoms with E-state index in [0.717, 1.165) is 49.4 Å². The number of hydrogen-bond acceptors (Lipinski definition) is 3. The second-order valence-corrected chi connectivity index (χ2v) is 7.12. The van der Waals surface area contributed by atoms with Crippen LogP contribution in [0.25, 0.3) is 5.52 Å². The summed E-state index contributed by atoms with van der Waals surface area (Å²) in [4.78, 5) is 4.94. The molecule has 4 rings (SSSR count). The standard InChI is InChI=1S/C22H24N4/c1-17-6-5-8-21(18(17)2)25-12-10-24(11-13-25)15-19-16-26-9-4-3-7-22(26)20(19)14-23/h3-9,16H,10-13,15H2,1-2H3. The van der Waals surface area contributed by atoms with Gasteiger partial charge in [-0.1, -0.05) is 18.2 Å². The Kier molecular flexibility index (Phi) is 4.40. The second kappa shape index (κ2) is 6.86. The SMILES string of the molecule is Cc1cccc(N2CCN(Cc3cn4ccccc4c3C#N)CC2)c1C. The summed E-state index contributed by atoms with van der Waals surface area (Å²) in [5.74, 6) is 0. The first-order chi connectivity index (χ1) is 12.7. The molecule has 132 valence electrons. The molecule has 2 aromatic heterocycles. The van der Waals surface area contributed by atoms with Crippen molar-refractivity contribution in [1.29, 1.82) is 5.26 Å². The molecule has 0 N–H and O–H groups in total. The number of anilines is 1. The zero-order valence-corrected chi connectivity index (χ0v) is 15.4. The maximum Gasteiger partial charge on any atom is 0.102 e. The Balaban J connectivity index is 1.48. The van der Waals surface area contributed by atoms with Crippen LogP contribution in [0.3, 0.4) is 0 Å². The van der Waals surface area contributed by atoms with Gasteiger partial charge in [0.15, 0.2) is 0 Å². The zero-order valence-electron chi connectivity index (χ0n) is 15.4. The number of aryl methyl sites for hydroxylation is 1. The fourth-order valence-electron chi connectivity index (χ4n) is 3.89. The normalized spacial score (nSPS) is 15.3. The molecule has 3 aromatic rings. The molecule has 1 aliphatic rings. The maximum atomic E-state index is 9.59. The number of aromatic nitrogens is 1. The number of fused-ring (bicyclic) bond motifs is 1. The van der Waals surface area contributed by atoms with Crippen LogP contribution < -0.4 is 4.90 Å². The highest BCUT2D eigenvalue weighted by atomic mass is 15.3. The van der Waals surface area contributed by atoms with Crippen molar-refractivity contribution in [3.8, 4) is 6.07 Å². The third kappa shape index (κ3) is 2.95.